The Morgan fingerprint density at radius 3 is 2.19 bits per heavy atom. The van der Waals surface area contributed by atoms with Crippen LogP contribution < -0.4 is 9.47 Å². The summed E-state index contributed by atoms with van der Waals surface area (Å²) < 4.78 is 68.7. The molecular formula is C31H44N4O6S2. The average Bonchev–Trinajstić information content (AvgIpc) is 3.50. The highest BCUT2D eigenvalue weighted by atomic mass is 32.2. The molecule has 10 nitrogen and oxygen atoms in total. The highest BCUT2D eigenvalue weighted by Crippen LogP contribution is 2.41. The lowest BCUT2D eigenvalue weighted by molar-refractivity contribution is -0.0147. The van der Waals surface area contributed by atoms with Crippen LogP contribution in [0.3, 0.4) is 0 Å². The van der Waals surface area contributed by atoms with E-state index in [1.54, 1.807) is 54.1 Å². The quantitative estimate of drug-likeness (QED) is 0.369. The van der Waals surface area contributed by atoms with E-state index < -0.39 is 20.0 Å². The largest absolute Gasteiger partial charge is 0.497 e. The van der Waals surface area contributed by atoms with Crippen LogP contribution in [0.5, 0.6) is 11.5 Å². The van der Waals surface area contributed by atoms with Gasteiger partial charge in [-0.25, -0.2) is 16.8 Å². The number of hydrogen-bond acceptors (Lipinski definition) is 8. The standard InChI is InChI=1S/C31H44N4O6S2/c1-22-16-29(40-3)17-23(2)31(22)43(38,39)34-14-4-6-24(34)7-5-15-42(36,37)33-20-27(21-33)35-25-8-9-26(35)19-30(18-25)41-28-10-12-32-13-11-28/h10-13,16-17,24-27,30H,4-9,14-15,18-21H2,1-3H3/t24-,25-,26+,30-/m0/s1. The molecule has 0 spiro atoms. The number of sulfonamides is 2. The second-order valence-electron chi connectivity index (χ2n) is 12.7. The Morgan fingerprint density at radius 2 is 1.56 bits per heavy atom. The van der Waals surface area contributed by atoms with Crippen LogP contribution in [0.25, 0.3) is 0 Å². The zero-order chi connectivity index (χ0) is 30.4. The van der Waals surface area contributed by atoms with Crippen molar-refractivity contribution < 1.29 is 26.3 Å². The Hall–Kier alpha value is -2.25. The number of nitrogens with zero attached hydrogens (tertiary/aromatic N) is 4. The van der Waals surface area contributed by atoms with Crippen molar-refractivity contribution in [2.45, 2.75) is 100 Å². The first-order valence-corrected chi connectivity index (χ1v) is 18.6. The summed E-state index contributed by atoms with van der Waals surface area (Å²) in [5, 5.41) is 0. The third kappa shape index (κ3) is 6.18. The molecule has 6 rings (SSSR count). The van der Waals surface area contributed by atoms with Gasteiger partial charge in [0.1, 0.15) is 17.6 Å². The molecule has 4 atom stereocenters. The first-order valence-electron chi connectivity index (χ1n) is 15.6. The molecule has 0 unspecified atom stereocenters. The number of pyridine rings is 1. The first-order chi connectivity index (χ1) is 20.6. The van der Waals surface area contributed by atoms with Crippen LogP contribution in [0, 0.1) is 13.8 Å². The Morgan fingerprint density at radius 1 is 0.907 bits per heavy atom. The van der Waals surface area contributed by atoms with Gasteiger partial charge in [0.2, 0.25) is 20.0 Å². The van der Waals surface area contributed by atoms with Crippen molar-refractivity contribution in [1.29, 1.82) is 0 Å². The molecule has 0 radical (unpaired) electrons. The van der Waals surface area contributed by atoms with Crippen molar-refractivity contribution in [3.63, 3.8) is 0 Å². The second-order valence-corrected chi connectivity index (χ2v) is 16.6. The Bertz CT molecular complexity index is 1480. The molecular weight excluding hydrogens is 588 g/mol. The van der Waals surface area contributed by atoms with Gasteiger partial charge >= 0.3 is 0 Å². The maximum atomic E-state index is 13.7. The number of fused-ring (bicyclic) bond motifs is 2. The van der Waals surface area contributed by atoms with Gasteiger partial charge in [-0.3, -0.25) is 9.88 Å². The maximum absolute atomic E-state index is 13.7. The summed E-state index contributed by atoms with van der Waals surface area (Å²) in [6.45, 7) is 5.15. The summed E-state index contributed by atoms with van der Waals surface area (Å²) in [4.78, 5) is 6.97. The van der Waals surface area contributed by atoms with Gasteiger partial charge in [0.15, 0.2) is 0 Å². The van der Waals surface area contributed by atoms with Crippen LogP contribution in [0.2, 0.25) is 0 Å². The molecule has 0 saturated carbocycles. The Balaban J connectivity index is 1.00. The van der Waals surface area contributed by atoms with Crippen molar-refractivity contribution in [3.8, 4) is 11.5 Å². The molecule has 236 valence electrons. The smallest absolute Gasteiger partial charge is 0.243 e. The lowest BCUT2D eigenvalue weighted by atomic mass is 9.95. The molecule has 43 heavy (non-hydrogen) atoms. The minimum absolute atomic E-state index is 0.0550. The zero-order valence-electron chi connectivity index (χ0n) is 25.4. The first kappa shape index (κ1) is 30.8. The minimum atomic E-state index is -3.70. The molecule has 1 aromatic heterocycles. The van der Waals surface area contributed by atoms with Gasteiger partial charge in [-0.15, -0.1) is 0 Å². The van der Waals surface area contributed by atoms with Gasteiger partial charge < -0.3 is 9.47 Å². The third-order valence-corrected chi connectivity index (χ3v) is 14.0. The molecule has 4 fully saturated rings. The fraction of sp³-hybridized carbons (Fsp3) is 0.645. The molecule has 2 bridgehead atoms. The summed E-state index contributed by atoms with van der Waals surface area (Å²) in [7, 11) is -5.51. The van der Waals surface area contributed by atoms with E-state index in [0.717, 1.165) is 44.3 Å². The van der Waals surface area contributed by atoms with E-state index in [1.165, 1.54) is 0 Å². The van der Waals surface area contributed by atoms with Gasteiger partial charge in [0.05, 0.1) is 17.8 Å². The number of aromatic nitrogens is 1. The van der Waals surface area contributed by atoms with Gasteiger partial charge in [-0.05, 0) is 101 Å². The van der Waals surface area contributed by atoms with Crippen LogP contribution in [0.15, 0.2) is 41.6 Å². The van der Waals surface area contributed by atoms with Crippen molar-refractivity contribution in [2.75, 3.05) is 32.5 Å². The molecule has 0 amide bonds. The fourth-order valence-corrected chi connectivity index (χ4v) is 11.6. The van der Waals surface area contributed by atoms with E-state index in [9.17, 15) is 16.8 Å². The number of aryl methyl sites for hydroxylation is 2. The highest BCUT2D eigenvalue weighted by Gasteiger charge is 2.49. The van der Waals surface area contributed by atoms with Gasteiger partial charge in [0, 0.05) is 56.2 Å². The number of hydrogen-bond donors (Lipinski definition) is 0. The molecule has 0 aliphatic carbocycles. The van der Waals surface area contributed by atoms with Crippen LogP contribution in [-0.4, -0.2) is 98.1 Å². The summed E-state index contributed by atoms with van der Waals surface area (Å²) in [6.07, 6.45) is 10.4. The Labute approximate surface area is 256 Å². The van der Waals surface area contributed by atoms with Crippen LogP contribution in [0.1, 0.15) is 62.5 Å². The predicted octanol–water partition coefficient (Wildman–Crippen LogP) is 3.73. The fourth-order valence-electron chi connectivity index (χ4n) is 7.89. The number of methoxy groups -OCH3 is 1. The average molecular weight is 633 g/mol. The third-order valence-electron chi connectivity index (χ3n) is 9.84. The minimum Gasteiger partial charge on any atom is -0.497 e. The normalized spacial score (nSPS) is 27.3. The second kappa shape index (κ2) is 12.3. The summed E-state index contributed by atoms with van der Waals surface area (Å²) in [6, 6.07) is 8.26. The topological polar surface area (TPSA) is 109 Å². The number of benzene rings is 1. The van der Waals surface area contributed by atoms with E-state index in [4.69, 9.17) is 9.47 Å². The lowest BCUT2D eigenvalue weighted by Gasteiger charge is -2.50. The Kier molecular flexibility index (Phi) is 8.78. The molecule has 0 N–H and O–H groups in total. The molecule has 4 saturated heterocycles. The van der Waals surface area contributed by atoms with E-state index in [-0.39, 0.29) is 23.9 Å². The number of rotatable bonds is 11. The van der Waals surface area contributed by atoms with Gasteiger partial charge in [0.25, 0.3) is 0 Å². The number of piperidine rings is 1. The van der Waals surface area contributed by atoms with E-state index in [2.05, 4.69) is 9.88 Å². The van der Waals surface area contributed by atoms with Crippen LogP contribution >= 0.6 is 0 Å². The summed E-state index contributed by atoms with van der Waals surface area (Å²) in [5.74, 6) is 1.55. The van der Waals surface area contributed by atoms with E-state index in [1.807, 2.05) is 12.1 Å². The maximum Gasteiger partial charge on any atom is 0.243 e. The highest BCUT2D eigenvalue weighted by molar-refractivity contribution is 7.89. The van der Waals surface area contributed by atoms with Crippen LogP contribution in [-0.2, 0) is 20.0 Å². The lowest BCUT2D eigenvalue weighted by Crippen LogP contribution is -2.65. The van der Waals surface area contributed by atoms with E-state index >= 15 is 0 Å². The SMILES string of the molecule is COc1cc(C)c(S(=O)(=O)N2CCC[C@H]2CCCS(=O)(=O)N2CC(N3[C@@H]4CC[C@H]3C[C@H](Oc3ccncc3)C4)C2)c(C)c1. The predicted molar refractivity (Wildman–Crippen MR) is 164 cm³/mol. The van der Waals surface area contributed by atoms with Gasteiger partial charge in [-0.2, -0.15) is 8.61 Å². The molecule has 5 heterocycles. The molecule has 4 aliphatic heterocycles. The summed E-state index contributed by atoms with van der Waals surface area (Å²) >= 11 is 0. The van der Waals surface area contributed by atoms with Crippen molar-refractivity contribution in [2.24, 2.45) is 0 Å². The molecule has 4 aliphatic rings. The van der Waals surface area contributed by atoms with Crippen molar-refractivity contribution in [3.05, 3.63) is 47.8 Å². The van der Waals surface area contributed by atoms with E-state index in [0.29, 0.717) is 66.3 Å². The summed E-state index contributed by atoms with van der Waals surface area (Å²) in [5.41, 5.74) is 1.33. The number of ether oxygens (including phenoxy) is 2. The zero-order valence-corrected chi connectivity index (χ0v) is 27.0. The molecule has 1 aromatic carbocycles. The van der Waals surface area contributed by atoms with Crippen molar-refractivity contribution in [1.82, 2.24) is 18.5 Å². The van der Waals surface area contributed by atoms with Crippen molar-refractivity contribution >= 4 is 20.0 Å². The van der Waals surface area contributed by atoms with Crippen LogP contribution in [0.4, 0.5) is 0 Å². The molecule has 2 aromatic rings. The monoisotopic (exact) mass is 632 g/mol. The van der Waals surface area contributed by atoms with Gasteiger partial charge in [-0.1, -0.05) is 0 Å². The molecule has 12 heteroatoms.